The van der Waals surface area contributed by atoms with Crippen molar-refractivity contribution >= 4 is 21.6 Å². The number of hydrogen-bond donors (Lipinski definition) is 1. The molecule has 0 saturated carbocycles. The van der Waals surface area contributed by atoms with Crippen LogP contribution in [0.3, 0.4) is 0 Å². The Labute approximate surface area is 149 Å². The van der Waals surface area contributed by atoms with Crippen LogP contribution < -0.4 is 9.62 Å². The highest BCUT2D eigenvalue weighted by Gasteiger charge is 2.23. The van der Waals surface area contributed by atoms with Crippen molar-refractivity contribution < 1.29 is 13.2 Å². The third-order valence-corrected chi connectivity index (χ3v) is 5.14. The molecule has 6 heteroatoms. The van der Waals surface area contributed by atoms with Crippen LogP contribution in [0.15, 0.2) is 54.6 Å². The Kier molecular flexibility index (Phi) is 6.20. The number of rotatable bonds is 7. The summed E-state index contributed by atoms with van der Waals surface area (Å²) >= 11 is 0. The zero-order chi connectivity index (χ0) is 18.4. The Balaban J connectivity index is 2.19. The maximum atomic E-state index is 12.5. The predicted molar refractivity (Wildman–Crippen MR) is 101 cm³/mol. The molecule has 0 aliphatic carbocycles. The van der Waals surface area contributed by atoms with Gasteiger partial charge >= 0.3 is 0 Å². The second-order valence-corrected chi connectivity index (χ2v) is 7.90. The minimum absolute atomic E-state index is 0.146. The van der Waals surface area contributed by atoms with E-state index in [1.807, 2.05) is 56.3 Å². The van der Waals surface area contributed by atoms with Crippen molar-refractivity contribution in [1.82, 2.24) is 5.32 Å². The number of sulfonamides is 1. The van der Waals surface area contributed by atoms with Crippen LogP contribution in [0.2, 0.25) is 0 Å². The van der Waals surface area contributed by atoms with Crippen molar-refractivity contribution in [2.45, 2.75) is 26.3 Å². The van der Waals surface area contributed by atoms with Gasteiger partial charge in [0.05, 0.1) is 18.0 Å². The molecule has 0 bridgehead atoms. The van der Waals surface area contributed by atoms with E-state index in [0.717, 1.165) is 28.1 Å². The molecule has 1 amide bonds. The molecule has 1 unspecified atom stereocenters. The molecule has 0 aromatic heterocycles. The summed E-state index contributed by atoms with van der Waals surface area (Å²) in [6.07, 6.45) is 1.83. The molecule has 0 saturated heterocycles. The maximum absolute atomic E-state index is 12.5. The lowest BCUT2D eigenvalue weighted by molar-refractivity contribution is -0.120. The second kappa shape index (κ2) is 8.16. The molecule has 134 valence electrons. The highest BCUT2D eigenvalue weighted by molar-refractivity contribution is 7.92. The van der Waals surface area contributed by atoms with Gasteiger partial charge in [0.25, 0.3) is 0 Å². The number of anilines is 1. The van der Waals surface area contributed by atoms with Gasteiger partial charge in [0.1, 0.15) is 6.54 Å². The molecule has 25 heavy (non-hydrogen) atoms. The Morgan fingerprint density at radius 3 is 2.24 bits per heavy atom. The van der Waals surface area contributed by atoms with Crippen LogP contribution in [0.25, 0.3) is 0 Å². The molecule has 0 aliphatic heterocycles. The number of carbonyl (C=O) groups is 1. The van der Waals surface area contributed by atoms with Gasteiger partial charge in [0.2, 0.25) is 15.9 Å². The van der Waals surface area contributed by atoms with Gasteiger partial charge in [-0.3, -0.25) is 9.10 Å². The summed E-state index contributed by atoms with van der Waals surface area (Å²) in [6, 6.07) is 16.6. The fraction of sp³-hybridized carbons (Fsp3) is 0.316. The molecule has 1 N–H and O–H groups in total. The van der Waals surface area contributed by atoms with Crippen molar-refractivity contribution in [3.8, 4) is 0 Å². The fourth-order valence-electron chi connectivity index (χ4n) is 2.70. The van der Waals surface area contributed by atoms with Crippen molar-refractivity contribution in [3.63, 3.8) is 0 Å². The summed E-state index contributed by atoms with van der Waals surface area (Å²) in [6.45, 7) is 3.56. The number of nitrogens with zero attached hydrogens (tertiary/aromatic N) is 1. The first-order valence-electron chi connectivity index (χ1n) is 8.20. The quantitative estimate of drug-likeness (QED) is 0.825. The van der Waals surface area contributed by atoms with E-state index in [0.29, 0.717) is 5.69 Å². The molecule has 2 aromatic carbocycles. The first-order valence-corrected chi connectivity index (χ1v) is 10.1. The molecule has 0 radical (unpaired) electrons. The molecule has 5 nitrogen and oxygen atoms in total. The monoisotopic (exact) mass is 360 g/mol. The molecular weight excluding hydrogens is 336 g/mol. The van der Waals surface area contributed by atoms with Crippen LogP contribution in [-0.2, 0) is 14.8 Å². The van der Waals surface area contributed by atoms with Crippen LogP contribution in [0.1, 0.15) is 30.5 Å². The molecule has 2 rings (SSSR count). The number of carbonyl (C=O) groups excluding carboxylic acids is 1. The van der Waals surface area contributed by atoms with Gasteiger partial charge < -0.3 is 5.32 Å². The van der Waals surface area contributed by atoms with E-state index in [4.69, 9.17) is 0 Å². The Morgan fingerprint density at radius 2 is 1.68 bits per heavy atom. The van der Waals surface area contributed by atoms with Gasteiger partial charge in [0.15, 0.2) is 0 Å². The number of hydrogen-bond acceptors (Lipinski definition) is 3. The van der Waals surface area contributed by atoms with Gasteiger partial charge in [-0.15, -0.1) is 0 Å². The van der Waals surface area contributed by atoms with E-state index in [1.165, 1.54) is 0 Å². The number of benzene rings is 2. The van der Waals surface area contributed by atoms with Crippen LogP contribution in [0.4, 0.5) is 5.69 Å². The van der Waals surface area contributed by atoms with Crippen molar-refractivity contribution in [2.24, 2.45) is 0 Å². The standard InChI is InChI=1S/C19H24N2O3S/c1-4-17(16-11-6-5-7-12-16)20-19(22)14-21(25(3,23)24)18-13-9-8-10-15(18)2/h5-13,17H,4,14H2,1-3H3,(H,20,22). The molecule has 1 atom stereocenters. The normalized spacial score (nSPS) is 12.4. The summed E-state index contributed by atoms with van der Waals surface area (Å²) in [5, 5.41) is 2.93. The number of aryl methyl sites for hydroxylation is 1. The largest absolute Gasteiger partial charge is 0.348 e. The molecular formula is C19H24N2O3S. The number of para-hydroxylation sites is 1. The molecule has 0 spiro atoms. The third kappa shape index (κ3) is 5.06. The number of nitrogens with one attached hydrogen (secondary N) is 1. The van der Waals surface area contributed by atoms with Crippen molar-refractivity contribution in [1.29, 1.82) is 0 Å². The first kappa shape index (κ1) is 19.0. The lowest BCUT2D eigenvalue weighted by atomic mass is 10.0. The van der Waals surface area contributed by atoms with E-state index in [-0.39, 0.29) is 18.5 Å². The zero-order valence-corrected chi connectivity index (χ0v) is 15.6. The summed E-state index contributed by atoms with van der Waals surface area (Å²) < 4.78 is 25.5. The predicted octanol–water partition coefficient (Wildman–Crippen LogP) is 3.03. The Bertz CT molecular complexity index is 820. The van der Waals surface area contributed by atoms with Gasteiger partial charge in [0, 0.05) is 0 Å². The zero-order valence-electron chi connectivity index (χ0n) is 14.8. The van der Waals surface area contributed by atoms with E-state index in [9.17, 15) is 13.2 Å². The minimum Gasteiger partial charge on any atom is -0.348 e. The van der Waals surface area contributed by atoms with Crippen LogP contribution in [-0.4, -0.2) is 27.1 Å². The topological polar surface area (TPSA) is 66.5 Å². The van der Waals surface area contributed by atoms with Crippen LogP contribution in [0.5, 0.6) is 0 Å². The van der Waals surface area contributed by atoms with Crippen LogP contribution in [0, 0.1) is 6.92 Å². The lowest BCUT2D eigenvalue weighted by Crippen LogP contribution is -2.41. The second-order valence-electron chi connectivity index (χ2n) is 6.00. The van der Waals surface area contributed by atoms with E-state index in [2.05, 4.69) is 5.32 Å². The summed E-state index contributed by atoms with van der Waals surface area (Å²) in [5.74, 6) is -0.329. The maximum Gasteiger partial charge on any atom is 0.241 e. The average Bonchev–Trinajstić information content (AvgIpc) is 2.58. The summed E-state index contributed by atoms with van der Waals surface area (Å²) in [7, 11) is -3.57. The van der Waals surface area contributed by atoms with E-state index in [1.54, 1.807) is 12.1 Å². The highest BCUT2D eigenvalue weighted by Crippen LogP contribution is 2.22. The third-order valence-electron chi connectivity index (χ3n) is 4.02. The fourth-order valence-corrected chi connectivity index (χ4v) is 3.62. The van der Waals surface area contributed by atoms with Gasteiger partial charge in [-0.2, -0.15) is 0 Å². The first-order chi connectivity index (χ1) is 11.8. The van der Waals surface area contributed by atoms with Crippen molar-refractivity contribution in [2.75, 3.05) is 17.1 Å². The molecule has 2 aromatic rings. The smallest absolute Gasteiger partial charge is 0.241 e. The van der Waals surface area contributed by atoms with Gasteiger partial charge in [-0.05, 0) is 30.5 Å². The average molecular weight is 360 g/mol. The molecule has 0 fully saturated rings. The van der Waals surface area contributed by atoms with E-state index >= 15 is 0 Å². The SMILES string of the molecule is CCC(NC(=O)CN(c1ccccc1C)S(C)(=O)=O)c1ccccc1. The Morgan fingerprint density at radius 1 is 1.08 bits per heavy atom. The van der Waals surface area contributed by atoms with E-state index < -0.39 is 10.0 Å². The number of amides is 1. The lowest BCUT2D eigenvalue weighted by Gasteiger charge is -2.25. The molecule has 0 heterocycles. The molecule has 0 aliphatic rings. The Hall–Kier alpha value is -2.34. The minimum atomic E-state index is -3.57. The van der Waals surface area contributed by atoms with Gasteiger partial charge in [-0.1, -0.05) is 55.5 Å². The summed E-state index contributed by atoms with van der Waals surface area (Å²) in [4.78, 5) is 12.5. The van der Waals surface area contributed by atoms with Crippen molar-refractivity contribution in [3.05, 3.63) is 65.7 Å². The van der Waals surface area contributed by atoms with Crippen LogP contribution >= 0.6 is 0 Å². The summed E-state index contributed by atoms with van der Waals surface area (Å²) in [5.41, 5.74) is 2.32. The highest BCUT2D eigenvalue weighted by atomic mass is 32.2. The van der Waals surface area contributed by atoms with Gasteiger partial charge in [-0.25, -0.2) is 8.42 Å².